The summed E-state index contributed by atoms with van der Waals surface area (Å²) < 4.78 is 13.3. The van der Waals surface area contributed by atoms with Crippen LogP contribution < -0.4 is 26.0 Å². The van der Waals surface area contributed by atoms with Crippen molar-refractivity contribution in [3.8, 4) is 0 Å². The van der Waals surface area contributed by atoms with Gasteiger partial charge in [0, 0.05) is 43.4 Å². The Morgan fingerprint density at radius 2 is 1.66 bits per heavy atom. The molecule has 1 aliphatic rings. The van der Waals surface area contributed by atoms with Crippen molar-refractivity contribution in [2.45, 2.75) is 6.42 Å². The zero-order chi connectivity index (χ0) is 20.4. The number of anilines is 3. The molecule has 1 N–H and O–H groups in total. The molecule has 3 aromatic carbocycles. The van der Waals surface area contributed by atoms with Crippen LogP contribution in [0.1, 0.15) is 5.56 Å². The van der Waals surface area contributed by atoms with E-state index in [1.807, 2.05) is 35.2 Å². The summed E-state index contributed by atoms with van der Waals surface area (Å²) in [4.78, 5) is 28.4. The lowest BCUT2D eigenvalue weighted by molar-refractivity contribution is 0.625. The SMILES string of the molecule is O=c1c(NCCc2cccc(F)c2)c(N2CCN(c3cccc(Cl)c3)CC2)c1=O. The first-order valence-electron chi connectivity index (χ1n) is 9.60. The summed E-state index contributed by atoms with van der Waals surface area (Å²) in [5.74, 6) is -0.283. The van der Waals surface area contributed by atoms with Crippen LogP contribution in [0.4, 0.5) is 21.5 Å². The summed E-state index contributed by atoms with van der Waals surface area (Å²) in [6, 6.07) is 14.1. The van der Waals surface area contributed by atoms with E-state index in [1.165, 1.54) is 12.1 Å². The number of piperazine rings is 1. The number of hydrogen-bond acceptors (Lipinski definition) is 5. The van der Waals surface area contributed by atoms with Crippen molar-refractivity contribution in [2.24, 2.45) is 0 Å². The van der Waals surface area contributed by atoms with Gasteiger partial charge in [-0.1, -0.05) is 29.8 Å². The molecule has 0 aliphatic carbocycles. The molecule has 3 aromatic rings. The molecule has 4 rings (SSSR count). The van der Waals surface area contributed by atoms with Crippen LogP contribution in [0.2, 0.25) is 5.02 Å². The van der Waals surface area contributed by atoms with Crippen molar-refractivity contribution in [3.05, 3.63) is 85.4 Å². The van der Waals surface area contributed by atoms with E-state index in [2.05, 4.69) is 10.2 Å². The van der Waals surface area contributed by atoms with Crippen LogP contribution in [-0.4, -0.2) is 32.7 Å². The first kappa shape index (κ1) is 19.5. The molecule has 0 spiro atoms. The number of halogens is 2. The molecule has 0 unspecified atom stereocenters. The van der Waals surface area contributed by atoms with E-state index in [4.69, 9.17) is 11.6 Å². The van der Waals surface area contributed by atoms with Crippen molar-refractivity contribution in [3.63, 3.8) is 0 Å². The Balaban J connectivity index is 1.38. The number of rotatable bonds is 6. The number of nitrogens with one attached hydrogen (secondary N) is 1. The quantitative estimate of drug-likeness (QED) is 0.629. The summed E-state index contributed by atoms with van der Waals surface area (Å²) in [6.45, 7) is 3.24. The van der Waals surface area contributed by atoms with E-state index >= 15 is 0 Å². The smallest absolute Gasteiger partial charge is 0.253 e. The summed E-state index contributed by atoms with van der Waals surface area (Å²) in [5.41, 5.74) is 1.83. The fourth-order valence-corrected chi connectivity index (χ4v) is 3.92. The van der Waals surface area contributed by atoms with Gasteiger partial charge in [0.15, 0.2) is 0 Å². The van der Waals surface area contributed by atoms with E-state index in [1.54, 1.807) is 6.07 Å². The number of nitrogens with zero attached hydrogens (tertiary/aromatic N) is 2. The maximum atomic E-state index is 13.3. The summed E-state index contributed by atoms with van der Waals surface area (Å²) in [6.07, 6.45) is 0.568. The fourth-order valence-electron chi connectivity index (χ4n) is 3.73. The van der Waals surface area contributed by atoms with Gasteiger partial charge in [0.2, 0.25) is 0 Å². The maximum Gasteiger partial charge on any atom is 0.253 e. The highest BCUT2D eigenvalue weighted by Crippen LogP contribution is 2.25. The van der Waals surface area contributed by atoms with Crippen molar-refractivity contribution < 1.29 is 4.39 Å². The van der Waals surface area contributed by atoms with Crippen LogP contribution in [-0.2, 0) is 6.42 Å². The third-order valence-electron chi connectivity index (χ3n) is 5.26. The largest absolute Gasteiger partial charge is 0.380 e. The van der Waals surface area contributed by atoms with Crippen molar-refractivity contribution in [1.82, 2.24) is 0 Å². The minimum Gasteiger partial charge on any atom is -0.380 e. The first-order valence-corrected chi connectivity index (χ1v) is 9.98. The monoisotopic (exact) mass is 413 g/mol. The van der Waals surface area contributed by atoms with Gasteiger partial charge in [0.1, 0.15) is 17.2 Å². The summed E-state index contributed by atoms with van der Waals surface area (Å²) >= 11 is 6.07. The standard InChI is InChI=1S/C22H21ClFN3O2/c23-16-4-2-6-18(14-16)26-9-11-27(12-10-26)20-19(21(28)22(20)29)25-8-7-15-3-1-5-17(24)13-15/h1-6,13-14,25H,7-12H2. The lowest BCUT2D eigenvalue weighted by Crippen LogP contribution is -2.51. The van der Waals surface area contributed by atoms with Gasteiger partial charge < -0.3 is 15.1 Å². The van der Waals surface area contributed by atoms with E-state index in [0.717, 1.165) is 24.3 Å². The van der Waals surface area contributed by atoms with Gasteiger partial charge in [0.05, 0.1) is 0 Å². The molecule has 1 aliphatic heterocycles. The lowest BCUT2D eigenvalue weighted by atomic mass is 10.1. The molecular weight excluding hydrogens is 393 g/mol. The third kappa shape index (κ3) is 4.12. The molecule has 0 aromatic heterocycles. The molecule has 1 saturated heterocycles. The molecule has 5 nitrogen and oxygen atoms in total. The Hall–Kier alpha value is -2.86. The highest BCUT2D eigenvalue weighted by molar-refractivity contribution is 6.30. The van der Waals surface area contributed by atoms with Gasteiger partial charge in [-0.05, 0) is 42.3 Å². The topological polar surface area (TPSA) is 52.7 Å². The summed E-state index contributed by atoms with van der Waals surface area (Å²) in [5, 5.41) is 3.77. The normalized spacial score (nSPS) is 14.4. The van der Waals surface area contributed by atoms with Crippen LogP contribution in [0.3, 0.4) is 0 Å². The third-order valence-corrected chi connectivity index (χ3v) is 5.49. The van der Waals surface area contributed by atoms with Crippen LogP contribution >= 0.6 is 11.6 Å². The average molecular weight is 414 g/mol. The second-order valence-electron chi connectivity index (χ2n) is 7.14. The van der Waals surface area contributed by atoms with Crippen LogP contribution in [0.15, 0.2) is 58.1 Å². The highest BCUT2D eigenvalue weighted by Gasteiger charge is 2.28. The minimum absolute atomic E-state index is 0.283. The Bertz CT molecular complexity index is 1090. The number of benzene rings is 2. The molecule has 150 valence electrons. The molecule has 0 radical (unpaired) electrons. The van der Waals surface area contributed by atoms with E-state index < -0.39 is 10.9 Å². The van der Waals surface area contributed by atoms with Gasteiger partial charge in [-0.2, -0.15) is 0 Å². The Morgan fingerprint density at radius 1 is 0.931 bits per heavy atom. The Labute approximate surface area is 173 Å². The molecule has 29 heavy (non-hydrogen) atoms. The van der Waals surface area contributed by atoms with Crippen molar-refractivity contribution in [2.75, 3.05) is 47.8 Å². The zero-order valence-electron chi connectivity index (χ0n) is 15.8. The van der Waals surface area contributed by atoms with Crippen molar-refractivity contribution >= 4 is 28.7 Å². The molecule has 0 atom stereocenters. The molecule has 0 amide bonds. The summed E-state index contributed by atoms with van der Waals surface area (Å²) in [7, 11) is 0. The van der Waals surface area contributed by atoms with Crippen LogP contribution in [0.5, 0.6) is 0 Å². The molecule has 0 saturated carbocycles. The van der Waals surface area contributed by atoms with E-state index in [9.17, 15) is 14.0 Å². The molecule has 1 fully saturated rings. The average Bonchev–Trinajstić information content (AvgIpc) is 2.73. The van der Waals surface area contributed by atoms with Gasteiger partial charge in [-0.15, -0.1) is 0 Å². The second kappa shape index (κ2) is 8.25. The lowest BCUT2D eigenvalue weighted by Gasteiger charge is -2.38. The minimum atomic E-state index is -0.475. The Kier molecular flexibility index (Phi) is 5.53. The predicted molar refractivity (Wildman–Crippen MR) is 116 cm³/mol. The molecule has 1 heterocycles. The van der Waals surface area contributed by atoms with Gasteiger partial charge in [-0.25, -0.2) is 4.39 Å². The highest BCUT2D eigenvalue weighted by atomic mass is 35.5. The van der Waals surface area contributed by atoms with E-state index in [-0.39, 0.29) is 5.82 Å². The first-order chi connectivity index (χ1) is 14.0. The van der Waals surface area contributed by atoms with Crippen LogP contribution in [0.25, 0.3) is 0 Å². The second-order valence-corrected chi connectivity index (χ2v) is 7.58. The molecule has 7 heteroatoms. The van der Waals surface area contributed by atoms with Crippen molar-refractivity contribution in [1.29, 1.82) is 0 Å². The predicted octanol–water partition coefficient (Wildman–Crippen LogP) is 3.06. The Morgan fingerprint density at radius 3 is 2.38 bits per heavy atom. The van der Waals surface area contributed by atoms with E-state index in [0.29, 0.717) is 42.5 Å². The molecular formula is C22H21ClFN3O2. The number of hydrogen-bond donors (Lipinski definition) is 1. The van der Waals surface area contributed by atoms with Gasteiger partial charge in [0.25, 0.3) is 10.9 Å². The van der Waals surface area contributed by atoms with Crippen LogP contribution in [0, 0.1) is 5.82 Å². The molecule has 0 bridgehead atoms. The maximum absolute atomic E-state index is 13.3. The van der Waals surface area contributed by atoms with Gasteiger partial charge >= 0.3 is 0 Å². The zero-order valence-corrected chi connectivity index (χ0v) is 16.6. The fraction of sp³-hybridized carbons (Fsp3) is 0.273. The van der Waals surface area contributed by atoms with Gasteiger partial charge in [-0.3, -0.25) is 9.59 Å².